The van der Waals surface area contributed by atoms with Crippen LogP contribution in [0.3, 0.4) is 0 Å². The molecule has 1 aromatic heterocycles. The van der Waals surface area contributed by atoms with Crippen molar-refractivity contribution in [1.29, 1.82) is 0 Å². The standard InChI is InChI=1S/C15H12F3N3O3/c16-15(17,18)24-12-4-2-1-3-10(12)14(23)21-6-5-9-11(7-21)19-8-20-13(9)22/h1-4,8H,5-7H2,(H,19,20,22). The van der Waals surface area contributed by atoms with Crippen molar-refractivity contribution in [2.45, 2.75) is 19.3 Å². The van der Waals surface area contributed by atoms with E-state index in [-0.39, 0.29) is 30.6 Å². The maximum absolute atomic E-state index is 12.6. The average Bonchev–Trinajstić information content (AvgIpc) is 2.53. The van der Waals surface area contributed by atoms with Crippen LogP contribution in [0.1, 0.15) is 21.6 Å². The molecule has 6 nitrogen and oxygen atoms in total. The quantitative estimate of drug-likeness (QED) is 0.906. The highest BCUT2D eigenvalue weighted by Gasteiger charge is 2.34. The lowest BCUT2D eigenvalue weighted by atomic mass is 10.1. The number of halogens is 3. The molecular weight excluding hydrogens is 327 g/mol. The minimum Gasteiger partial charge on any atom is -0.405 e. The van der Waals surface area contributed by atoms with Crippen molar-refractivity contribution in [3.63, 3.8) is 0 Å². The van der Waals surface area contributed by atoms with Crippen molar-refractivity contribution < 1.29 is 22.7 Å². The molecule has 0 radical (unpaired) electrons. The molecular formula is C15H12F3N3O3. The first-order valence-electron chi connectivity index (χ1n) is 7.04. The third kappa shape index (κ3) is 3.24. The first-order valence-corrected chi connectivity index (χ1v) is 7.04. The van der Waals surface area contributed by atoms with E-state index < -0.39 is 18.0 Å². The number of amides is 1. The molecule has 0 saturated carbocycles. The Bertz CT molecular complexity index is 832. The zero-order valence-corrected chi connectivity index (χ0v) is 12.3. The Labute approximate surface area is 133 Å². The molecule has 9 heteroatoms. The number of fused-ring (bicyclic) bond motifs is 1. The third-order valence-corrected chi connectivity index (χ3v) is 3.64. The molecule has 0 saturated heterocycles. The van der Waals surface area contributed by atoms with Crippen molar-refractivity contribution in [2.75, 3.05) is 6.54 Å². The summed E-state index contributed by atoms with van der Waals surface area (Å²) in [6.45, 7) is 0.263. The van der Waals surface area contributed by atoms with Crippen molar-refractivity contribution in [1.82, 2.24) is 14.9 Å². The highest BCUT2D eigenvalue weighted by atomic mass is 19.4. The number of para-hydroxylation sites is 1. The summed E-state index contributed by atoms with van der Waals surface area (Å²) in [7, 11) is 0. The Morgan fingerprint density at radius 2 is 2.04 bits per heavy atom. The van der Waals surface area contributed by atoms with Crippen LogP contribution >= 0.6 is 0 Å². The number of benzene rings is 1. The van der Waals surface area contributed by atoms with Gasteiger partial charge in [-0.15, -0.1) is 13.2 Å². The number of hydrogen-bond acceptors (Lipinski definition) is 4. The summed E-state index contributed by atoms with van der Waals surface area (Å²) in [5.41, 5.74) is 0.463. The number of H-pyrrole nitrogens is 1. The van der Waals surface area contributed by atoms with Crippen molar-refractivity contribution >= 4 is 5.91 Å². The molecule has 3 rings (SSSR count). The molecule has 1 amide bonds. The fraction of sp³-hybridized carbons (Fsp3) is 0.267. The second kappa shape index (κ2) is 5.99. The number of aromatic nitrogens is 2. The van der Waals surface area contributed by atoms with Gasteiger partial charge in [-0.1, -0.05) is 12.1 Å². The first-order chi connectivity index (χ1) is 11.3. The first kappa shape index (κ1) is 16.0. The molecule has 0 spiro atoms. The second-order valence-electron chi connectivity index (χ2n) is 5.18. The minimum atomic E-state index is -4.89. The average molecular weight is 339 g/mol. The summed E-state index contributed by atoms with van der Waals surface area (Å²) >= 11 is 0. The number of carbonyl (C=O) groups is 1. The van der Waals surface area contributed by atoms with Crippen LogP contribution in [0.2, 0.25) is 0 Å². The van der Waals surface area contributed by atoms with Gasteiger partial charge >= 0.3 is 6.36 Å². The van der Waals surface area contributed by atoms with Gasteiger partial charge in [-0.05, 0) is 18.6 Å². The van der Waals surface area contributed by atoms with Crippen LogP contribution in [-0.2, 0) is 13.0 Å². The van der Waals surface area contributed by atoms with Crippen LogP contribution in [0.15, 0.2) is 35.4 Å². The van der Waals surface area contributed by atoms with E-state index in [1.807, 2.05) is 0 Å². The number of alkyl halides is 3. The number of carbonyl (C=O) groups excluding carboxylic acids is 1. The molecule has 24 heavy (non-hydrogen) atoms. The summed E-state index contributed by atoms with van der Waals surface area (Å²) in [6, 6.07) is 5.16. The predicted octanol–water partition coefficient (Wildman–Crippen LogP) is 1.87. The number of nitrogens with zero attached hydrogens (tertiary/aromatic N) is 2. The Balaban J connectivity index is 1.87. The molecule has 2 aromatic rings. The largest absolute Gasteiger partial charge is 0.573 e. The molecule has 0 unspecified atom stereocenters. The van der Waals surface area contributed by atoms with Gasteiger partial charge in [0, 0.05) is 12.1 Å². The summed E-state index contributed by atoms with van der Waals surface area (Å²) in [5, 5.41) is 0. The van der Waals surface area contributed by atoms with Crippen LogP contribution in [0, 0.1) is 0 Å². The Kier molecular flexibility index (Phi) is 4.00. The van der Waals surface area contributed by atoms with E-state index in [1.165, 1.54) is 29.4 Å². The molecule has 0 bridgehead atoms. The van der Waals surface area contributed by atoms with Gasteiger partial charge in [-0.3, -0.25) is 9.59 Å². The molecule has 1 aliphatic heterocycles. The third-order valence-electron chi connectivity index (χ3n) is 3.64. The molecule has 126 valence electrons. The molecule has 0 atom stereocenters. The van der Waals surface area contributed by atoms with E-state index in [2.05, 4.69) is 14.7 Å². The lowest BCUT2D eigenvalue weighted by molar-refractivity contribution is -0.274. The highest BCUT2D eigenvalue weighted by Crippen LogP contribution is 2.28. The molecule has 1 aromatic carbocycles. The number of nitrogens with one attached hydrogen (secondary N) is 1. The van der Waals surface area contributed by atoms with E-state index in [0.717, 1.165) is 6.07 Å². The summed E-state index contributed by atoms with van der Waals surface area (Å²) in [5.74, 6) is -1.16. The van der Waals surface area contributed by atoms with Gasteiger partial charge in [0.05, 0.1) is 24.1 Å². The van der Waals surface area contributed by atoms with Gasteiger partial charge in [-0.2, -0.15) is 0 Å². The van der Waals surface area contributed by atoms with Crippen LogP contribution in [0.4, 0.5) is 13.2 Å². The molecule has 0 aliphatic carbocycles. The summed E-state index contributed by atoms with van der Waals surface area (Å²) in [6.07, 6.45) is -3.37. The Morgan fingerprint density at radius 3 is 2.79 bits per heavy atom. The topological polar surface area (TPSA) is 75.3 Å². The zero-order chi connectivity index (χ0) is 17.3. The summed E-state index contributed by atoms with van der Waals surface area (Å²) < 4.78 is 41.3. The van der Waals surface area contributed by atoms with E-state index in [9.17, 15) is 22.8 Å². The predicted molar refractivity (Wildman–Crippen MR) is 76.4 cm³/mol. The van der Waals surface area contributed by atoms with Crippen LogP contribution in [-0.4, -0.2) is 33.7 Å². The molecule has 1 aliphatic rings. The number of ether oxygens (including phenoxy) is 1. The Hall–Kier alpha value is -2.84. The van der Waals surface area contributed by atoms with Crippen molar-refractivity contribution in [2.24, 2.45) is 0 Å². The fourth-order valence-corrected chi connectivity index (χ4v) is 2.57. The highest BCUT2D eigenvalue weighted by molar-refractivity contribution is 5.97. The van der Waals surface area contributed by atoms with E-state index in [4.69, 9.17) is 0 Å². The lowest BCUT2D eigenvalue weighted by Gasteiger charge is -2.28. The van der Waals surface area contributed by atoms with Gasteiger partial charge < -0.3 is 14.6 Å². The van der Waals surface area contributed by atoms with E-state index >= 15 is 0 Å². The van der Waals surface area contributed by atoms with Gasteiger partial charge in [0.25, 0.3) is 11.5 Å². The lowest BCUT2D eigenvalue weighted by Crippen LogP contribution is -2.39. The monoisotopic (exact) mass is 339 g/mol. The van der Waals surface area contributed by atoms with E-state index in [1.54, 1.807) is 0 Å². The molecule has 0 fully saturated rings. The minimum absolute atomic E-state index is 0.0540. The van der Waals surface area contributed by atoms with Gasteiger partial charge in [-0.25, -0.2) is 4.98 Å². The van der Waals surface area contributed by atoms with Gasteiger partial charge in [0.1, 0.15) is 5.75 Å². The summed E-state index contributed by atoms with van der Waals surface area (Å²) in [4.78, 5) is 32.1. The van der Waals surface area contributed by atoms with Crippen LogP contribution < -0.4 is 10.3 Å². The zero-order valence-electron chi connectivity index (χ0n) is 12.3. The number of aromatic amines is 1. The molecule has 1 N–H and O–H groups in total. The van der Waals surface area contributed by atoms with Crippen LogP contribution in [0.5, 0.6) is 5.75 Å². The Morgan fingerprint density at radius 1 is 1.29 bits per heavy atom. The maximum atomic E-state index is 12.6. The van der Waals surface area contributed by atoms with E-state index in [0.29, 0.717) is 11.3 Å². The molecule has 2 heterocycles. The van der Waals surface area contributed by atoms with Gasteiger partial charge in [0.2, 0.25) is 0 Å². The SMILES string of the molecule is O=C(c1ccccc1OC(F)(F)F)N1CCc2c(nc[nH]c2=O)C1. The van der Waals surface area contributed by atoms with Crippen molar-refractivity contribution in [3.05, 3.63) is 57.8 Å². The fourth-order valence-electron chi connectivity index (χ4n) is 2.57. The second-order valence-corrected chi connectivity index (χ2v) is 5.18. The normalized spacial score (nSPS) is 14.2. The smallest absolute Gasteiger partial charge is 0.405 e. The van der Waals surface area contributed by atoms with Crippen LogP contribution in [0.25, 0.3) is 0 Å². The maximum Gasteiger partial charge on any atom is 0.573 e. The van der Waals surface area contributed by atoms with Gasteiger partial charge in [0.15, 0.2) is 0 Å². The van der Waals surface area contributed by atoms with Crippen molar-refractivity contribution in [3.8, 4) is 5.75 Å². The number of hydrogen-bond donors (Lipinski definition) is 1. The number of rotatable bonds is 2.